The van der Waals surface area contributed by atoms with Crippen LogP contribution in [0.3, 0.4) is 0 Å². The van der Waals surface area contributed by atoms with E-state index in [2.05, 4.69) is 5.32 Å². The first kappa shape index (κ1) is 20.1. The molecule has 1 aromatic carbocycles. The van der Waals surface area contributed by atoms with Gasteiger partial charge >= 0.3 is 5.97 Å². The van der Waals surface area contributed by atoms with Gasteiger partial charge in [0.1, 0.15) is 4.88 Å². The Morgan fingerprint density at radius 2 is 1.88 bits per heavy atom. The van der Waals surface area contributed by atoms with Crippen molar-refractivity contribution in [1.29, 1.82) is 0 Å². The third-order valence-corrected chi connectivity index (χ3v) is 5.71. The molecule has 0 saturated carbocycles. The van der Waals surface area contributed by atoms with Crippen molar-refractivity contribution in [2.75, 3.05) is 5.32 Å². The van der Waals surface area contributed by atoms with Crippen LogP contribution in [0, 0.1) is 6.92 Å². The lowest BCUT2D eigenvalue weighted by molar-refractivity contribution is -0.123. The Morgan fingerprint density at radius 1 is 1.27 bits per heavy atom. The molecule has 1 amide bonds. The molecule has 0 fully saturated rings. The number of hydrogen-bond acceptors (Lipinski definition) is 6. The molecular weight excluding hydrogens is 376 g/mol. The Balaban J connectivity index is 1.99. The van der Waals surface area contributed by atoms with E-state index in [0.717, 1.165) is 16.9 Å². The summed E-state index contributed by atoms with van der Waals surface area (Å²) in [5, 5.41) is 7.57. The van der Waals surface area contributed by atoms with Crippen molar-refractivity contribution in [3.63, 3.8) is 0 Å². The summed E-state index contributed by atoms with van der Waals surface area (Å²) in [7, 11) is -3.80. The molecule has 1 heterocycles. The number of hydrogen-bond donors (Lipinski definition) is 2. The number of benzene rings is 1. The van der Waals surface area contributed by atoms with E-state index in [1.54, 1.807) is 6.07 Å². The number of amides is 1. The molecule has 0 spiro atoms. The van der Waals surface area contributed by atoms with Crippen LogP contribution < -0.4 is 10.5 Å². The summed E-state index contributed by atoms with van der Waals surface area (Å²) in [6.07, 6.45) is -0.187. The van der Waals surface area contributed by atoms with Crippen molar-refractivity contribution >= 4 is 38.9 Å². The number of sulfonamides is 1. The van der Waals surface area contributed by atoms with E-state index in [-0.39, 0.29) is 4.90 Å². The van der Waals surface area contributed by atoms with E-state index in [4.69, 9.17) is 9.88 Å². The molecule has 0 aliphatic carbocycles. The standard InChI is InChI=1S/C17H20N2O5S2/c1-4-12-9-15(25-11(12)3)17(21)24-10(2)16(20)19-13-5-7-14(8-6-13)26(18,22)23/h5-10H,4H2,1-3H3,(H,19,20)(H2,18,22,23). The first-order valence-electron chi connectivity index (χ1n) is 7.85. The highest BCUT2D eigenvalue weighted by Gasteiger charge is 2.21. The third kappa shape index (κ3) is 4.90. The second kappa shape index (κ2) is 7.98. The molecule has 9 heteroatoms. The summed E-state index contributed by atoms with van der Waals surface area (Å²) in [6, 6.07) is 7.15. The van der Waals surface area contributed by atoms with Crippen molar-refractivity contribution in [2.45, 2.75) is 38.2 Å². The number of esters is 1. The van der Waals surface area contributed by atoms with Crippen LogP contribution >= 0.6 is 11.3 Å². The molecule has 2 rings (SSSR count). The second-order valence-electron chi connectivity index (χ2n) is 5.65. The Morgan fingerprint density at radius 3 is 2.38 bits per heavy atom. The molecule has 2 aromatic rings. The largest absolute Gasteiger partial charge is 0.448 e. The zero-order valence-electron chi connectivity index (χ0n) is 14.6. The van der Waals surface area contributed by atoms with E-state index < -0.39 is 28.0 Å². The van der Waals surface area contributed by atoms with Gasteiger partial charge in [-0.1, -0.05) is 6.92 Å². The lowest BCUT2D eigenvalue weighted by Gasteiger charge is -2.13. The number of primary sulfonamides is 1. The predicted octanol–water partition coefficient (Wildman–Crippen LogP) is 2.45. The van der Waals surface area contributed by atoms with Gasteiger partial charge in [-0.25, -0.2) is 18.4 Å². The Labute approximate surface area is 156 Å². The summed E-state index contributed by atoms with van der Waals surface area (Å²) in [6.45, 7) is 5.40. The minimum atomic E-state index is -3.80. The van der Waals surface area contributed by atoms with E-state index >= 15 is 0 Å². The first-order chi connectivity index (χ1) is 12.1. The van der Waals surface area contributed by atoms with Gasteiger partial charge in [-0.05, 0) is 56.2 Å². The molecule has 1 aromatic heterocycles. The van der Waals surface area contributed by atoms with Gasteiger partial charge in [0.25, 0.3) is 5.91 Å². The van der Waals surface area contributed by atoms with Gasteiger partial charge in [-0.15, -0.1) is 11.3 Å². The average molecular weight is 396 g/mol. The van der Waals surface area contributed by atoms with Crippen LogP contribution in [0.2, 0.25) is 0 Å². The number of rotatable bonds is 6. The van der Waals surface area contributed by atoms with Crippen LogP contribution in [0.4, 0.5) is 5.69 Å². The minimum absolute atomic E-state index is 0.0604. The van der Waals surface area contributed by atoms with Crippen LogP contribution in [-0.4, -0.2) is 26.4 Å². The molecule has 7 nitrogen and oxygen atoms in total. The molecule has 26 heavy (non-hydrogen) atoms. The normalized spacial score (nSPS) is 12.5. The minimum Gasteiger partial charge on any atom is -0.448 e. The quantitative estimate of drug-likeness (QED) is 0.728. The molecule has 0 aliphatic heterocycles. The van der Waals surface area contributed by atoms with Crippen LogP contribution in [0.25, 0.3) is 0 Å². The smallest absolute Gasteiger partial charge is 0.349 e. The first-order valence-corrected chi connectivity index (χ1v) is 10.2. The van der Waals surface area contributed by atoms with E-state index in [1.165, 1.54) is 42.5 Å². The van der Waals surface area contributed by atoms with Gasteiger partial charge in [0.2, 0.25) is 10.0 Å². The predicted molar refractivity (Wildman–Crippen MR) is 99.8 cm³/mol. The van der Waals surface area contributed by atoms with Crippen molar-refractivity contribution in [3.8, 4) is 0 Å². The van der Waals surface area contributed by atoms with Gasteiger partial charge in [-0.3, -0.25) is 4.79 Å². The highest BCUT2D eigenvalue weighted by molar-refractivity contribution is 7.89. The highest BCUT2D eigenvalue weighted by atomic mass is 32.2. The monoisotopic (exact) mass is 396 g/mol. The van der Waals surface area contributed by atoms with Gasteiger partial charge in [0.05, 0.1) is 4.90 Å². The van der Waals surface area contributed by atoms with E-state index in [1.807, 2.05) is 13.8 Å². The van der Waals surface area contributed by atoms with Crippen molar-refractivity contribution in [1.82, 2.24) is 0 Å². The molecule has 140 valence electrons. The lowest BCUT2D eigenvalue weighted by atomic mass is 10.2. The number of aryl methyl sites for hydroxylation is 2. The third-order valence-electron chi connectivity index (χ3n) is 3.71. The molecule has 0 radical (unpaired) electrons. The van der Waals surface area contributed by atoms with Crippen molar-refractivity contribution in [2.24, 2.45) is 5.14 Å². The number of nitrogens with two attached hydrogens (primary N) is 1. The molecule has 0 aliphatic rings. The van der Waals surface area contributed by atoms with Crippen LogP contribution in [0.1, 0.15) is 34.0 Å². The van der Waals surface area contributed by atoms with Gasteiger partial charge < -0.3 is 10.1 Å². The summed E-state index contributed by atoms with van der Waals surface area (Å²) in [5.74, 6) is -1.07. The van der Waals surface area contributed by atoms with E-state index in [0.29, 0.717) is 10.6 Å². The summed E-state index contributed by atoms with van der Waals surface area (Å²) < 4.78 is 27.6. The zero-order valence-corrected chi connectivity index (χ0v) is 16.2. The Hall–Kier alpha value is -2.23. The fraction of sp³-hybridized carbons (Fsp3) is 0.294. The van der Waals surface area contributed by atoms with Gasteiger partial charge in [-0.2, -0.15) is 0 Å². The molecule has 1 atom stereocenters. The Kier molecular flexibility index (Phi) is 6.17. The SMILES string of the molecule is CCc1cc(C(=O)OC(C)C(=O)Nc2ccc(S(N)(=O)=O)cc2)sc1C. The molecule has 1 unspecified atom stereocenters. The van der Waals surface area contributed by atoms with Crippen LogP contribution in [0.15, 0.2) is 35.2 Å². The maximum Gasteiger partial charge on any atom is 0.349 e. The average Bonchev–Trinajstić information content (AvgIpc) is 2.95. The number of carbonyl (C=O) groups excluding carboxylic acids is 2. The molecule has 0 saturated heterocycles. The van der Waals surface area contributed by atoms with Crippen molar-refractivity contribution < 1.29 is 22.7 Å². The summed E-state index contributed by atoms with van der Waals surface area (Å²) >= 11 is 1.33. The lowest BCUT2D eigenvalue weighted by Crippen LogP contribution is -2.29. The van der Waals surface area contributed by atoms with Crippen LogP contribution in [-0.2, 0) is 26.0 Å². The summed E-state index contributed by atoms with van der Waals surface area (Å²) in [4.78, 5) is 25.8. The number of anilines is 1. The van der Waals surface area contributed by atoms with Crippen molar-refractivity contribution in [3.05, 3.63) is 45.6 Å². The zero-order chi connectivity index (χ0) is 19.5. The fourth-order valence-electron chi connectivity index (χ4n) is 2.22. The van der Waals surface area contributed by atoms with Crippen LogP contribution in [0.5, 0.6) is 0 Å². The second-order valence-corrected chi connectivity index (χ2v) is 8.47. The van der Waals surface area contributed by atoms with Gasteiger partial charge in [0, 0.05) is 10.6 Å². The maximum absolute atomic E-state index is 12.2. The molecular formula is C17H20N2O5S2. The van der Waals surface area contributed by atoms with Gasteiger partial charge in [0.15, 0.2) is 6.10 Å². The number of ether oxygens (including phenoxy) is 1. The number of carbonyl (C=O) groups is 2. The topological polar surface area (TPSA) is 116 Å². The number of nitrogens with one attached hydrogen (secondary N) is 1. The summed E-state index contributed by atoms with van der Waals surface area (Å²) in [5.41, 5.74) is 1.44. The highest BCUT2D eigenvalue weighted by Crippen LogP contribution is 2.23. The molecule has 0 bridgehead atoms. The molecule has 3 N–H and O–H groups in total. The fourth-order valence-corrected chi connectivity index (χ4v) is 3.73. The maximum atomic E-state index is 12.2. The number of thiophene rings is 1. The Bertz CT molecular complexity index is 917. The van der Waals surface area contributed by atoms with E-state index in [9.17, 15) is 18.0 Å².